The molecule has 0 aromatic heterocycles. The highest BCUT2D eigenvalue weighted by Gasteiger charge is 2.12. The molecule has 1 saturated heterocycles. The van der Waals surface area contributed by atoms with Gasteiger partial charge in [-0.1, -0.05) is 45.0 Å². The van der Waals surface area contributed by atoms with Crippen LogP contribution in [0.1, 0.15) is 38.3 Å². The van der Waals surface area contributed by atoms with Crippen molar-refractivity contribution in [2.24, 2.45) is 0 Å². The van der Waals surface area contributed by atoms with Crippen LogP contribution in [-0.4, -0.2) is 50.2 Å². The van der Waals surface area contributed by atoms with E-state index in [1.165, 1.54) is 5.56 Å². The van der Waals surface area contributed by atoms with Gasteiger partial charge in [0.05, 0.1) is 13.2 Å². The van der Waals surface area contributed by atoms with Gasteiger partial charge in [0.25, 0.3) is 0 Å². The van der Waals surface area contributed by atoms with Crippen LogP contribution in [0.4, 0.5) is 0 Å². The first-order chi connectivity index (χ1) is 11.4. The Morgan fingerprint density at radius 2 is 1.88 bits per heavy atom. The number of benzene rings is 1. The Bertz CT molecular complexity index is 538. The molecule has 0 unspecified atom stereocenters. The zero-order valence-corrected chi connectivity index (χ0v) is 15.2. The molecule has 0 saturated carbocycles. The lowest BCUT2D eigenvalue weighted by Crippen LogP contribution is -2.38. The minimum Gasteiger partial charge on any atom is -0.379 e. The molecule has 2 rings (SSSR count). The number of ether oxygens (including phenoxy) is 1. The third-order valence-electron chi connectivity index (χ3n) is 4.26. The summed E-state index contributed by atoms with van der Waals surface area (Å²) >= 11 is 0. The molecule has 0 spiro atoms. The van der Waals surface area contributed by atoms with Gasteiger partial charge in [-0.3, -0.25) is 9.69 Å². The minimum atomic E-state index is -0.0307. The van der Waals surface area contributed by atoms with Gasteiger partial charge in [-0.15, -0.1) is 0 Å². The number of carbonyl (C=O) groups is 1. The molecule has 0 bridgehead atoms. The number of nitrogens with zero attached hydrogens (tertiary/aromatic N) is 1. The lowest BCUT2D eigenvalue weighted by atomic mass is 9.87. The summed E-state index contributed by atoms with van der Waals surface area (Å²) in [6.45, 7) is 12.0. The van der Waals surface area contributed by atoms with Crippen molar-refractivity contribution in [2.45, 2.75) is 32.6 Å². The fourth-order valence-electron chi connectivity index (χ4n) is 2.66. The van der Waals surface area contributed by atoms with Crippen LogP contribution in [-0.2, 0) is 14.9 Å². The molecular weight excluding hydrogens is 300 g/mol. The molecule has 0 aliphatic carbocycles. The molecular formula is C20H30N2O2. The van der Waals surface area contributed by atoms with Gasteiger partial charge < -0.3 is 10.1 Å². The highest BCUT2D eigenvalue weighted by molar-refractivity contribution is 5.91. The molecule has 132 valence electrons. The van der Waals surface area contributed by atoms with Gasteiger partial charge in [-0.05, 0) is 35.6 Å². The van der Waals surface area contributed by atoms with E-state index in [1.807, 2.05) is 6.08 Å². The van der Waals surface area contributed by atoms with Crippen LogP contribution >= 0.6 is 0 Å². The first-order valence-electron chi connectivity index (χ1n) is 8.82. The van der Waals surface area contributed by atoms with Crippen LogP contribution in [0.25, 0.3) is 6.08 Å². The summed E-state index contributed by atoms with van der Waals surface area (Å²) in [6, 6.07) is 8.37. The fourth-order valence-corrected chi connectivity index (χ4v) is 2.66. The number of carbonyl (C=O) groups excluding carboxylic acids is 1. The van der Waals surface area contributed by atoms with E-state index in [-0.39, 0.29) is 11.3 Å². The summed E-state index contributed by atoms with van der Waals surface area (Å²) in [6.07, 6.45) is 4.45. The molecule has 1 aliphatic heterocycles. The smallest absolute Gasteiger partial charge is 0.243 e. The maximum atomic E-state index is 11.9. The summed E-state index contributed by atoms with van der Waals surface area (Å²) in [5.74, 6) is -0.0307. The van der Waals surface area contributed by atoms with Crippen LogP contribution in [0.3, 0.4) is 0 Å². The minimum absolute atomic E-state index is 0.0307. The number of hydrogen-bond donors (Lipinski definition) is 1. The van der Waals surface area contributed by atoms with Crippen molar-refractivity contribution in [3.63, 3.8) is 0 Å². The van der Waals surface area contributed by atoms with E-state index in [2.05, 4.69) is 55.3 Å². The molecule has 0 radical (unpaired) electrons. The second-order valence-corrected chi connectivity index (χ2v) is 7.30. The Hall–Kier alpha value is -1.65. The van der Waals surface area contributed by atoms with Gasteiger partial charge in [-0.2, -0.15) is 0 Å². The Morgan fingerprint density at radius 1 is 1.21 bits per heavy atom. The van der Waals surface area contributed by atoms with E-state index in [0.717, 1.165) is 44.8 Å². The number of morpholine rings is 1. The van der Waals surface area contributed by atoms with Crippen molar-refractivity contribution in [3.8, 4) is 0 Å². The molecule has 1 fully saturated rings. The average Bonchev–Trinajstić information content (AvgIpc) is 2.57. The van der Waals surface area contributed by atoms with Crippen molar-refractivity contribution in [2.75, 3.05) is 39.4 Å². The van der Waals surface area contributed by atoms with E-state index in [1.54, 1.807) is 6.08 Å². The van der Waals surface area contributed by atoms with Crippen molar-refractivity contribution in [1.82, 2.24) is 10.2 Å². The second kappa shape index (κ2) is 9.00. The van der Waals surface area contributed by atoms with Gasteiger partial charge in [0.15, 0.2) is 0 Å². The average molecular weight is 330 g/mol. The lowest BCUT2D eigenvalue weighted by molar-refractivity contribution is -0.116. The Balaban J connectivity index is 1.68. The van der Waals surface area contributed by atoms with Crippen molar-refractivity contribution >= 4 is 12.0 Å². The van der Waals surface area contributed by atoms with Crippen molar-refractivity contribution in [1.29, 1.82) is 0 Å². The van der Waals surface area contributed by atoms with E-state index >= 15 is 0 Å². The maximum absolute atomic E-state index is 11.9. The van der Waals surface area contributed by atoms with E-state index in [4.69, 9.17) is 4.74 Å². The third-order valence-corrected chi connectivity index (χ3v) is 4.26. The Kier molecular flexibility index (Phi) is 7.00. The van der Waals surface area contributed by atoms with Crippen LogP contribution in [0, 0.1) is 0 Å². The first-order valence-corrected chi connectivity index (χ1v) is 8.82. The van der Waals surface area contributed by atoms with E-state index in [0.29, 0.717) is 6.54 Å². The highest BCUT2D eigenvalue weighted by atomic mass is 16.5. The quantitative estimate of drug-likeness (QED) is 0.644. The summed E-state index contributed by atoms with van der Waals surface area (Å²) < 4.78 is 5.32. The topological polar surface area (TPSA) is 41.6 Å². The number of amides is 1. The standard InChI is InChI=1S/C20H30N2O2/c1-20(2,3)18-8-5-17(6-9-18)7-10-19(23)21-11-4-12-22-13-15-24-16-14-22/h5-10H,4,11-16H2,1-3H3,(H,21,23)/b10-7+. The molecule has 1 aromatic carbocycles. The van der Waals surface area contributed by atoms with Gasteiger partial charge in [0.2, 0.25) is 5.91 Å². The first kappa shape index (κ1) is 18.7. The van der Waals surface area contributed by atoms with Crippen LogP contribution in [0.15, 0.2) is 30.3 Å². The lowest BCUT2D eigenvalue weighted by Gasteiger charge is -2.26. The normalized spacial score (nSPS) is 16.5. The number of nitrogens with one attached hydrogen (secondary N) is 1. The van der Waals surface area contributed by atoms with Crippen molar-refractivity contribution < 1.29 is 9.53 Å². The summed E-state index contributed by atoms with van der Waals surface area (Å²) in [5, 5.41) is 2.94. The molecule has 1 amide bonds. The third kappa shape index (κ3) is 6.46. The van der Waals surface area contributed by atoms with E-state index in [9.17, 15) is 4.79 Å². The molecule has 4 heteroatoms. The fraction of sp³-hybridized carbons (Fsp3) is 0.550. The number of hydrogen-bond acceptors (Lipinski definition) is 3. The van der Waals surface area contributed by atoms with Gasteiger partial charge in [0.1, 0.15) is 0 Å². The van der Waals surface area contributed by atoms with Gasteiger partial charge >= 0.3 is 0 Å². The number of rotatable bonds is 6. The second-order valence-electron chi connectivity index (χ2n) is 7.30. The SMILES string of the molecule is CC(C)(C)c1ccc(/C=C/C(=O)NCCCN2CCOCC2)cc1. The van der Waals surface area contributed by atoms with E-state index < -0.39 is 0 Å². The van der Waals surface area contributed by atoms with Crippen LogP contribution < -0.4 is 5.32 Å². The Morgan fingerprint density at radius 3 is 2.50 bits per heavy atom. The Labute approximate surface area is 145 Å². The van der Waals surface area contributed by atoms with Crippen molar-refractivity contribution in [3.05, 3.63) is 41.5 Å². The molecule has 1 heterocycles. The zero-order chi connectivity index (χ0) is 17.4. The van der Waals surface area contributed by atoms with Crippen LogP contribution in [0.5, 0.6) is 0 Å². The maximum Gasteiger partial charge on any atom is 0.243 e. The summed E-state index contributed by atoms with van der Waals surface area (Å²) in [5.41, 5.74) is 2.50. The van der Waals surface area contributed by atoms with Crippen LogP contribution in [0.2, 0.25) is 0 Å². The molecule has 0 atom stereocenters. The zero-order valence-electron chi connectivity index (χ0n) is 15.2. The predicted octanol–water partition coefficient (Wildman–Crippen LogP) is 2.84. The summed E-state index contributed by atoms with van der Waals surface area (Å²) in [7, 11) is 0. The molecule has 24 heavy (non-hydrogen) atoms. The molecule has 1 N–H and O–H groups in total. The molecule has 1 aromatic rings. The molecule has 4 nitrogen and oxygen atoms in total. The monoisotopic (exact) mass is 330 g/mol. The summed E-state index contributed by atoms with van der Waals surface area (Å²) in [4.78, 5) is 14.2. The highest BCUT2D eigenvalue weighted by Crippen LogP contribution is 2.22. The largest absolute Gasteiger partial charge is 0.379 e. The van der Waals surface area contributed by atoms with Gasteiger partial charge in [-0.25, -0.2) is 0 Å². The molecule has 1 aliphatic rings. The predicted molar refractivity (Wildman–Crippen MR) is 99.1 cm³/mol. The van der Waals surface area contributed by atoms with Gasteiger partial charge in [0, 0.05) is 25.7 Å².